The summed E-state index contributed by atoms with van der Waals surface area (Å²) in [6, 6.07) is 4.48. The van der Waals surface area contributed by atoms with Crippen molar-refractivity contribution in [2.75, 3.05) is 17.2 Å². The summed E-state index contributed by atoms with van der Waals surface area (Å²) in [5, 5.41) is 6.32. The summed E-state index contributed by atoms with van der Waals surface area (Å²) in [7, 11) is 0. The standard InChI is InChI=1S/C14H16BrFN4/c1-3-6-17-14-18-8-9(2)13(20-14)19-12-5-4-10(16)7-11(12)15/h4-5,7-8H,3,6H2,1-2H3,(H2,17,18,19,20). The first-order chi connectivity index (χ1) is 9.60. The Morgan fingerprint density at radius 2 is 2.15 bits per heavy atom. The SMILES string of the molecule is CCCNc1ncc(C)c(Nc2ccc(F)cc2Br)n1. The Hall–Kier alpha value is -1.69. The summed E-state index contributed by atoms with van der Waals surface area (Å²) >= 11 is 3.33. The molecule has 1 aromatic carbocycles. The highest BCUT2D eigenvalue weighted by molar-refractivity contribution is 9.10. The molecule has 2 rings (SSSR count). The fourth-order valence-corrected chi connectivity index (χ4v) is 2.06. The molecule has 0 aliphatic heterocycles. The third kappa shape index (κ3) is 3.66. The highest BCUT2D eigenvalue weighted by Crippen LogP contribution is 2.27. The topological polar surface area (TPSA) is 49.8 Å². The van der Waals surface area contributed by atoms with Gasteiger partial charge in [-0.1, -0.05) is 6.92 Å². The van der Waals surface area contributed by atoms with Gasteiger partial charge in [-0.05, 0) is 47.5 Å². The molecule has 1 aromatic heterocycles. The number of aryl methyl sites for hydroxylation is 1. The normalized spacial score (nSPS) is 10.4. The molecule has 0 atom stereocenters. The maximum atomic E-state index is 13.1. The number of rotatable bonds is 5. The number of nitrogens with one attached hydrogen (secondary N) is 2. The van der Waals surface area contributed by atoms with Crippen LogP contribution >= 0.6 is 15.9 Å². The van der Waals surface area contributed by atoms with Crippen LogP contribution in [-0.2, 0) is 0 Å². The Morgan fingerprint density at radius 1 is 1.35 bits per heavy atom. The number of hydrogen-bond acceptors (Lipinski definition) is 4. The lowest BCUT2D eigenvalue weighted by Crippen LogP contribution is -2.07. The Balaban J connectivity index is 2.23. The van der Waals surface area contributed by atoms with Gasteiger partial charge in [0.05, 0.1) is 5.69 Å². The van der Waals surface area contributed by atoms with Crippen LogP contribution in [0.2, 0.25) is 0 Å². The molecule has 0 aliphatic rings. The predicted molar refractivity (Wildman–Crippen MR) is 82.9 cm³/mol. The van der Waals surface area contributed by atoms with E-state index in [1.165, 1.54) is 12.1 Å². The van der Waals surface area contributed by atoms with E-state index in [0.29, 0.717) is 16.2 Å². The van der Waals surface area contributed by atoms with Crippen LogP contribution in [0.25, 0.3) is 0 Å². The van der Waals surface area contributed by atoms with Crippen LogP contribution in [0.4, 0.5) is 21.8 Å². The lowest BCUT2D eigenvalue weighted by molar-refractivity contribution is 0.627. The van der Waals surface area contributed by atoms with Crippen LogP contribution in [0.5, 0.6) is 0 Å². The van der Waals surface area contributed by atoms with E-state index >= 15 is 0 Å². The van der Waals surface area contributed by atoms with Crippen molar-refractivity contribution in [3.8, 4) is 0 Å². The fourth-order valence-electron chi connectivity index (χ4n) is 1.61. The van der Waals surface area contributed by atoms with Crippen molar-refractivity contribution in [2.45, 2.75) is 20.3 Å². The summed E-state index contributed by atoms with van der Waals surface area (Å²) in [5.74, 6) is 0.997. The summed E-state index contributed by atoms with van der Waals surface area (Å²) < 4.78 is 13.7. The van der Waals surface area contributed by atoms with Crippen LogP contribution < -0.4 is 10.6 Å². The Labute approximate surface area is 126 Å². The molecule has 2 aromatic rings. The van der Waals surface area contributed by atoms with E-state index < -0.39 is 0 Å². The van der Waals surface area contributed by atoms with Gasteiger partial charge in [0.25, 0.3) is 0 Å². The smallest absolute Gasteiger partial charge is 0.224 e. The van der Waals surface area contributed by atoms with Gasteiger partial charge in [0.1, 0.15) is 11.6 Å². The van der Waals surface area contributed by atoms with Gasteiger partial charge in [-0.15, -0.1) is 0 Å². The Kier molecular flexibility index (Phi) is 4.89. The monoisotopic (exact) mass is 338 g/mol. The Bertz CT molecular complexity index is 604. The molecule has 0 spiro atoms. The zero-order valence-corrected chi connectivity index (χ0v) is 13.0. The van der Waals surface area contributed by atoms with E-state index in [1.807, 2.05) is 6.92 Å². The average molecular weight is 339 g/mol. The molecule has 6 heteroatoms. The molecule has 0 radical (unpaired) electrons. The van der Waals surface area contributed by atoms with Gasteiger partial charge in [0.15, 0.2) is 0 Å². The molecule has 0 amide bonds. The van der Waals surface area contributed by atoms with Crippen molar-refractivity contribution < 1.29 is 4.39 Å². The molecule has 0 saturated heterocycles. The van der Waals surface area contributed by atoms with Gasteiger partial charge in [0, 0.05) is 22.8 Å². The second-order valence-corrected chi connectivity index (χ2v) is 5.26. The first-order valence-electron chi connectivity index (χ1n) is 6.39. The third-order valence-corrected chi connectivity index (χ3v) is 3.35. The summed E-state index contributed by atoms with van der Waals surface area (Å²) in [6.07, 6.45) is 2.76. The Morgan fingerprint density at radius 3 is 2.85 bits per heavy atom. The molecule has 1 heterocycles. The van der Waals surface area contributed by atoms with Crippen LogP contribution in [0.1, 0.15) is 18.9 Å². The van der Waals surface area contributed by atoms with Crippen molar-refractivity contribution in [3.63, 3.8) is 0 Å². The molecule has 0 saturated carbocycles. The zero-order valence-electron chi connectivity index (χ0n) is 11.4. The van der Waals surface area contributed by atoms with E-state index in [1.54, 1.807) is 12.3 Å². The van der Waals surface area contributed by atoms with Gasteiger partial charge in [-0.25, -0.2) is 9.37 Å². The minimum absolute atomic E-state index is 0.285. The quantitative estimate of drug-likeness (QED) is 0.855. The number of benzene rings is 1. The van der Waals surface area contributed by atoms with Gasteiger partial charge in [-0.3, -0.25) is 0 Å². The zero-order chi connectivity index (χ0) is 14.5. The molecule has 0 bridgehead atoms. The van der Waals surface area contributed by atoms with Crippen LogP contribution in [0.15, 0.2) is 28.9 Å². The number of aromatic nitrogens is 2. The van der Waals surface area contributed by atoms with Crippen molar-refractivity contribution in [1.29, 1.82) is 0 Å². The summed E-state index contributed by atoms with van der Waals surface area (Å²) in [6.45, 7) is 4.82. The highest BCUT2D eigenvalue weighted by atomic mass is 79.9. The van der Waals surface area contributed by atoms with Crippen LogP contribution in [0, 0.1) is 12.7 Å². The predicted octanol–water partition coefficient (Wildman–Crippen LogP) is 4.25. The lowest BCUT2D eigenvalue weighted by Gasteiger charge is -2.12. The molecule has 20 heavy (non-hydrogen) atoms. The molecule has 0 aliphatic carbocycles. The summed E-state index contributed by atoms with van der Waals surface area (Å²) in [4.78, 5) is 8.64. The maximum Gasteiger partial charge on any atom is 0.224 e. The third-order valence-electron chi connectivity index (χ3n) is 2.69. The van der Waals surface area contributed by atoms with Gasteiger partial charge >= 0.3 is 0 Å². The molecule has 0 fully saturated rings. The second kappa shape index (κ2) is 6.65. The minimum Gasteiger partial charge on any atom is -0.354 e. The first kappa shape index (κ1) is 14.7. The second-order valence-electron chi connectivity index (χ2n) is 4.40. The molecular formula is C14H16BrFN4. The van der Waals surface area contributed by atoms with E-state index in [4.69, 9.17) is 0 Å². The number of nitrogens with zero attached hydrogens (tertiary/aromatic N) is 2. The summed E-state index contributed by atoms with van der Waals surface area (Å²) in [5.41, 5.74) is 1.68. The van der Waals surface area contributed by atoms with Crippen LogP contribution in [0.3, 0.4) is 0 Å². The molecular weight excluding hydrogens is 323 g/mol. The van der Waals surface area contributed by atoms with Gasteiger partial charge < -0.3 is 10.6 Å². The minimum atomic E-state index is -0.285. The fraction of sp³-hybridized carbons (Fsp3) is 0.286. The number of halogens is 2. The number of hydrogen-bond donors (Lipinski definition) is 2. The van der Waals surface area contributed by atoms with E-state index in [0.717, 1.165) is 24.2 Å². The lowest BCUT2D eigenvalue weighted by atomic mass is 10.3. The maximum absolute atomic E-state index is 13.1. The molecule has 0 unspecified atom stereocenters. The first-order valence-corrected chi connectivity index (χ1v) is 7.19. The van der Waals surface area contributed by atoms with Crippen molar-refractivity contribution >= 4 is 33.4 Å². The van der Waals surface area contributed by atoms with E-state index in [-0.39, 0.29) is 5.82 Å². The van der Waals surface area contributed by atoms with Crippen molar-refractivity contribution in [3.05, 3.63) is 40.2 Å². The largest absolute Gasteiger partial charge is 0.354 e. The van der Waals surface area contributed by atoms with Crippen molar-refractivity contribution in [1.82, 2.24) is 9.97 Å². The van der Waals surface area contributed by atoms with Crippen molar-refractivity contribution in [2.24, 2.45) is 0 Å². The highest BCUT2D eigenvalue weighted by Gasteiger charge is 2.07. The number of anilines is 3. The van der Waals surface area contributed by atoms with Gasteiger partial charge in [0.2, 0.25) is 5.95 Å². The molecule has 2 N–H and O–H groups in total. The molecule has 106 valence electrons. The average Bonchev–Trinajstić information content (AvgIpc) is 2.42. The molecule has 4 nitrogen and oxygen atoms in total. The van der Waals surface area contributed by atoms with Gasteiger partial charge in [-0.2, -0.15) is 4.98 Å². The van der Waals surface area contributed by atoms with Crippen LogP contribution in [-0.4, -0.2) is 16.5 Å². The van der Waals surface area contributed by atoms with E-state index in [2.05, 4.69) is 43.5 Å². The van der Waals surface area contributed by atoms with E-state index in [9.17, 15) is 4.39 Å².